The molecular formula is C27H27FN6O3S. The van der Waals surface area contributed by atoms with Crippen molar-refractivity contribution < 1.29 is 18.8 Å². The highest BCUT2D eigenvalue weighted by atomic mass is 32.1. The van der Waals surface area contributed by atoms with Crippen LogP contribution < -0.4 is 21.7 Å². The Morgan fingerprint density at radius 2 is 1.79 bits per heavy atom. The summed E-state index contributed by atoms with van der Waals surface area (Å²) in [5.74, 6) is -2.40. The van der Waals surface area contributed by atoms with Gasteiger partial charge < -0.3 is 21.8 Å². The van der Waals surface area contributed by atoms with E-state index in [1.165, 1.54) is 29.2 Å². The van der Waals surface area contributed by atoms with Crippen molar-refractivity contribution in [2.45, 2.75) is 44.2 Å². The highest BCUT2D eigenvalue weighted by Gasteiger charge is 2.38. The number of aromatic amines is 1. The van der Waals surface area contributed by atoms with E-state index >= 15 is 0 Å². The molecule has 1 unspecified atom stereocenters. The van der Waals surface area contributed by atoms with E-state index < -0.39 is 23.7 Å². The zero-order valence-corrected chi connectivity index (χ0v) is 21.3. The molecule has 0 spiro atoms. The summed E-state index contributed by atoms with van der Waals surface area (Å²) in [6, 6.07) is 11.6. The quantitative estimate of drug-likeness (QED) is 0.279. The third-order valence-electron chi connectivity index (χ3n) is 6.85. The van der Waals surface area contributed by atoms with Gasteiger partial charge in [-0.1, -0.05) is 37.5 Å². The molecule has 2 aromatic carbocycles. The number of nitrogens with zero attached hydrogens (tertiary/aromatic N) is 2. The van der Waals surface area contributed by atoms with E-state index in [1.54, 1.807) is 6.20 Å². The molecule has 1 aliphatic carbocycles. The number of hydrogen-bond acceptors (Lipinski definition) is 6. The van der Waals surface area contributed by atoms with Crippen LogP contribution in [0.3, 0.4) is 0 Å². The van der Waals surface area contributed by atoms with Gasteiger partial charge in [0.15, 0.2) is 5.69 Å². The minimum Gasteiger partial charge on any atom is -0.395 e. The topological polar surface area (TPSA) is 147 Å². The van der Waals surface area contributed by atoms with Gasteiger partial charge in [0.1, 0.15) is 16.7 Å². The number of nitrogens with two attached hydrogens (primary N) is 2. The molecule has 0 bridgehead atoms. The number of nitrogen functional groups attached to an aromatic ring is 1. The summed E-state index contributed by atoms with van der Waals surface area (Å²) in [7, 11) is 0. The fourth-order valence-electron chi connectivity index (χ4n) is 4.97. The number of aromatic nitrogens is 2. The summed E-state index contributed by atoms with van der Waals surface area (Å²) < 4.78 is 17.9. The summed E-state index contributed by atoms with van der Waals surface area (Å²) in [5, 5.41) is 3.90. The Labute approximate surface area is 222 Å². The van der Waals surface area contributed by atoms with Crippen molar-refractivity contribution in [3.63, 3.8) is 0 Å². The number of halogens is 1. The maximum Gasteiger partial charge on any atom is 0.273 e. The summed E-state index contributed by atoms with van der Waals surface area (Å²) in [6.45, 7) is 0. The van der Waals surface area contributed by atoms with Crippen LogP contribution in [0.2, 0.25) is 0 Å². The smallest absolute Gasteiger partial charge is 0.273 e. The molecule has 1 atom stereocenters. The first-order chi connectivity index (χ1) is 18.3. The van der Waals surface area contributed by atoms with Crippen molar-refractivity contribution in [1.82, 2.24) is 14.7 Å². The Morgan fingerprint density at radius 1 is 1.08 bits per heavy atom. The summed E-state index contributed by atoms with van der Waals surface area (Å²) in [4.78, 5) is 44.4. The number of carbonyl (C=O) groups excluding carboxylic acids is 3. The molecule has 2 aromatic heterocycles. The molecule has 3 amide bonds. The molecule has 1 fully saturated rings. The number of anilines is 2. The lowest BCUT2D eigenvalue weighted by molar-refractivity contribution is -0.123. The number of benzene rings is 2. The number of primary amides is 1. The maximum atomic E-state index is 14.1. The van der Waals surface area contributed by atoms with E-state index in [2.05, 4.69) is 14.7 Å². The predicted octanol–water partition coefficient (Wildman–Crippen LogP) is 4.28. The van der Waals surface area contributed by atoms with E-state index in [-0.39, 0.29) is 33.9 Å². The summed E-state index contributed by atoms with van der Waals surface area (Å²) >= 11 is 0.724. The number of fused-ring (bicyclic) bond motifs is 1. The van der Waals surface area contributed by atoms with Crippen molar-refractivity contribution in [2.24, 2.45) is 5.73 Å². The Bertz CT molecular complexity index is 1490. The van der Waals surface area contributed by atoms with Gasteiger partial charge in [0, 0.05) is 34.4 Å². The van der Waals surface area contributed by atoms with Gasteiger partial charge in [-0.2, -0.15) is 4.37 Å². The second-order valence-electron chi connectivity index (χ2n) is 9.33. The van der Waals surface area contributed by atoms with Crippen molar-refractivity contribution in [2.75, 3.05) is 10.6 Å². The van der Waals surface area contributed by atoms with Gasteiger partial charge >= 0.3 is 0 Å². The number of hydrogen-bond donors (Lipinski definition) is 4. The highest BCUT2D eigenvalue weighted by Crippen LogP contribution is 2.36. The van der Waals surface area contributed by atoms with Crippen LogP contribution in [0, 0.1) is 5.82 Å². The Hall–Kier alpha value is -4.25. The monoisotopic (exact) mass is 534 g/mol. The highest BCUT2D eigenvalue weighted by molar-refractivity contribution is 7.09. The van der Waals surface area contributed by atoms with Gasteiger partial charge in [-0.15, -0.1) is 0 Å². The van der Waals surface area contributed by atoms with Crippen LogP contribution in [-0.2, 0) is 4.79 Å². The number of para-hydroxylation sites is 1. The molecule has 0 radical (unpaired) electrons. The molecule has 1 aliphatic rings. The van der Waals surface area contributed by atoms with Crippen LogP contribution in [0.4, 0.5) is 15.8 Å². The average Bonchev–Trinajstić information content (AvgIpc) is 3.52. The normalized spacial score (nSPS) is 14.8. The van der Waals surface area contributed by atoms with Gasteiger partial charge in [0.05, 0.1) is 5.69 Å². The van der Waals surface area contributed by atoms with Gasteiger partial charge in [-0.05, 0) is 54.7 Å². The number of H-pyrrole nitrogens is 1. The molecule has 4 aromatic rings. The standard InChI is InChI=1S/C27H27FN6O3S/c28-15-10-12-17(13-11-15)34(27(37)24-21(29)22(25(30)35)33-38-24)23(26(36)32-16-6-2-1-3-7-16)19-14-31-20-9-5-4-8-18(19)20/h4-5,8-14,16,23,31H,1-3,6-7,29H2,(H2,30,35)(H,32,36). The van der Waals surface area contributed by atoms with Crippen LogP contribution in [0.25, 0.3) is 10.9 Å². The summed E-state index contributed by atoms with van der Waals surface area (Å²) in [5.41, 5.74) is 12.7. The molecule has 38 heavy (non-hydrogen) atoms. The Balaban J connectivity index is 1.67. The largest absolute Gasteiger partial charge is 0.395 e. The fourth-order valence-corrected chi connectivity index (χ4v) is 5.71. The van der Waals surface area contributed by atoms with Crippen molar-refractivity contribution in [1.29, 1.82) is 0 Å². The van der Waals surface area contributed by atoms with Crippen LogP contribution in [-0.4, -0.2) is 33.1 Å². The first kappa shape index (κ1) is 25.4. The van der Waals surface area contributed by atoms with Gasteiger partial charge in [-0.3, -0.25) is 19.3 Å². The van der Waals surface area contributed by atoms with Gasteiger partial charge in [0.2, 0.25) is 5.91 Å². The molecule has 9 nitrogen and oxygen atoms in total. The summed E-state index contributed by atoms with van der Waals surface area (Å²) in [6.07, 6.45) is 6.53. The van der Waals surface area contributed by atoms with Gasteiger partial charge in [-0.25, -0.2) is 4.39 Å². The zero-order valence-electron chi connectivity index (χ0n) is 20.4. The number of nitrogens with one attached hydrogen (secondary N) is 2. The number of amides is 3. The average molecular weight is 535 g/mol. The molecule has 0 saturated heterocycles. The molecule has 11 heteroatoms. The van der Waals surface area contributed by atoms with E-state index in [0.29, 0.717) is 5.56 Å². The molecule has 6 N–H and O–H groups in total. The van der Waals surface area contributed by atoms with E-state index in [4.69, 9.17) is 11.5 Å². The van der Waals surface area contributed by atoms with Crippen LogP contribution in [0.1, 0.15) is 63.9 Å². The lowest BCUT2D eigenvalue weighted by atomic mass is 9.94. The molecule has 196 valence electrons. The van der Waals surface area contributed by atoms with E-state index in [1.807, 2.05) is 24.3 Å². The predicted molar refractivity (Wildman–Crippen MR) is 144 cm³/mol. The van der Waals surface area contributed by atoms with E-state index in [9.17, 15) is 18.8 Å². The SMILES string of the molecule is NC(=O)c1nsc(C(=O)N(c2ccc(F)cc2)C(C(=O)NC2CCCCC2)c2c[nH]c3ccccc23)c1N. The lowest BCUT2D eigenvalue weighted by Gasteiger charge is -2.33. The lowest BCUT2D eigenvalue weighted by Crippen LogP contribution is -2.47. The number of carbonyl (C=O) groups is 3. The fraction of sp³-hybridized carbons (Fsp3) is 0.259. The molecular weight excluding hydrogens is 507 g/mol. The Morgan fingerprint density at radius 3 is 2.47 bits per heavy atom. The molecule has 0 aliphatic heterocycles. The molecule has 1 saturated carbocycles. The van der Waals surface area contributed by atoms with Crippen LogP contribution in [0.15, 0.2) is 54.7 Å². The van der Waals surface area contributed by atoms with Crippen LogP contribution >= 0.6 is 11.5 Å². The van der Waals surface area contributed by atoms with Crippen molar-refractivity contribution in [3.05, 3.63) is 76.7 Å². The van der Waals surface area contributed by atoms with Gasteiger partial charge in [0.25, 0.3) is 11.8 Å². The molecule has 2 heterocycles. The zero-order chi connectivity index (χ0) is 26.8. The molecule has 5 rings (SSSR count). The van der Waals surface area contributed by atoms with Crippen LogP contribution in [0.5, 0.6) is 0 Å². The van der Waals surface area contributed by atoms with Crippen molar-refractivity contribution >= 4 is 51.5 Å². The maximum absolute atomic E-state index is 14.1. The second-order valence-corrected chi connectivity index (χ2v) is 10.1. The minimum absolute atomic E-state index is 0.0240. The van der Waals surface area contributed by atoms with Crippen molar-refractivity contribution in [3.8, 4) is 0 Å². The third kappa shape index (κ3) is 4.84. The first-order valence-electron chi connectivity index (χ1n) is 12.4. The first-order valence-corrected chi connectivity index (χ1v) is 13.1. The number of rotatable bonds is 7. The second kappa shape index (κ2) is 10.6. The third-order valence-corrected chi connectivity index (χ3v) is 7.70. The Kier molecular flexibility index (Phi) is 7.10. The van der Waals surface area contributed by atoms with E-state index in [0.717, 1.165) is 54.5 Å². The minimum atomic E-state index is -1.13.